The van der Waals surface area contributed by atoms with Crippen molar-refractivity contribution in [3.8, 4) is 0 Å². The number of carbonyl (C=O) groups excluding carboxylic acids is 12. The maximum absolute atomic E-state index is 16.0. The number of benzene rings is 4. The third-order valence-electron chi connectivity index (χ3n) is 25.9. The molecule has 144 heavy (non-hydrogen) atoms. The number of methoxy groups -OCH3 is 1. The second-order valence-electron chi connectivity index (χ2n) is 36.4. The van der Waals surface area contributed by atoms with Crippen molar-refractivity contribution in [3.05, 3.63) is 161 Å². The first-order chi connectivity index (χ1) is 68.9. The molecule has 4 amide bonds. The first-order valence-electron chi connectivity index (χ1n) is 47.8. The van der Waals surface area contributed by atoms with Crippen LogP contribution in [-0.4, -0.2) is 350 Å². The lowest BCUT2D eigenvalue weighted by Gasteiger charge is -2.67. The van der Waals surface area contributed by atoms with E-state index in [1.807, 2.05) is 0 Å². The third kappa shape index (κ3) is 28.3. The molecule has 3 saturated heterocycles. The van der Waals surface area contributed by atoms with Gasteiger partial charge in [0.25, 0.3) is 5.91 Å². The summed E-state index contributed by atoms with van der Waals surface area (Å²) in [5.41, 5.74) is -7.14. The summed E-state index contributed by atoms with van der Waals surface area (Å²) in [6, 6.07) is 26.9. The van der Waals surface area contributed by atoms with Gasteiger partial charge < -0.3 is 147 Å². The molecule has 4 heterocycles. The van der Waals surface area contributed by atoms with Crippen molar-refractivity contribution >= 4 is 77.1 Å². The number of aliphatic hydroxyl groups is 7. The molecule has 1 aromatic heterocycles. The van der Waals surface area contributed by atoms with Crippen LogP contribution < -0.4 is 21.3 Å². The second-order valence-corrected chi connectivity index (χ2v) is 36.4. The highest BCUT2D eigenvalue weighted by Gasteiger charge is 2.79. The lowest BCUT2D eigenvalue weighted by molar-refractivity contribution is -0.368. The van der Waals surface area contributed by atoms with E-state index >= 15 is 9.59 Å². The number of ether oxygens (including phenoxy) is 19. The largest absolute Gasteiger partial charge is 0.464 e. The fourth-order valence-electron chi connectivity index (χ4n) is 18.9. The van der Waals surface area contributed by atoms with Crippen LogP contribution in [0.5, 0.6) is 0 Å². The van der Waals surface area contributed by atoms with Gasteiger partial charge in [0.15, 0.2) is 36.1 Å². The number of alkyl carbamates (subject to hydrolysis) is 1. The van der Waals surface area contributed by atoms with Crippen molar-refractivity contribution in [3.63, 3.8) is 0 Å². The molecule has 0 spiro atoms. The molecular formula is C99H131N7O38. The molecular weight excluding hydrogens is 1900 g/mol. The fraction of sp³-hybridized carbons (Fsp3) is 0.596. The molecule has 0 radical (unpaired) electrons. The zero-order valence-electron chi connectivity index (χ0n) is 81.9. The van der Waals surface area contributed by atoms with Gasteiger partial charge in [-0.1, -0.05) is 97.9 Å². The number of rotatable bonds is 52. The number of nitrogens with one attached hydrogen (secondary N) is 4. The van der Waals surface area contributed by atoms with Gasteiger partial charge in [0.2, 0.25) is 17.9 Å². The van der Waals surface area contributed by atoms with Gasteiger partial charge in [-0.15, -0.1) is 5.10 Å². The van der Waals surface area contributed by atoms with E-state index in [1.165, 1.54) is 88.0 Å². The number of Topliss-reactive ketones (excluding diaryl/α,β-unsaturated/α-hetero) is 1. The topological polar surface area (TPSA) is 601 Å². The van der Waals surface area contributed by atoms with Crippen LogP contribution in [0.2, 0.25) is 0 Å². The monoisotopic (exact) mass is 2030 g/mol. The number of nitrogens with zero attached hydrogens (tertiary/aromatic N) is 3. The molecule has 3 aliphatic carbocycles. The molecule has 6 aliphatic rings. The Bertz CT molecular complexity index is 5130. The van der Waals surface area contributed by atoms with Gasteiger partial charge in [-0.2, -0.15) is 0 Å². The molecule has 2 bridgehead atoms. The van der Waals surface area contributed by atoms with Crippen molar-refractivity contribution in [2.24, 2.45) is 16.7 Å². The molecule has 4 aromatic carbocycles. The maximum atomic E-state index is 16.0. The normalized spacial score (nSPS) is 26.9. The Balaban J connectivity index is 0.636. The molecule has 11 rings (SSSR count). The number of ketones is 1. The van der Waals surface area contributed by atoms with Crippen LogP contribution in [0, 0.1) is 16.7 Å². The number of amides is 4. The Morgan fingerprint density at radius 1 is 0.660 bits per heavy atom. The van der Waals surface area contributed by atoms with Gasteiger partial charge in [0, 0.05) is 69.6 Å². The third-order valence-corrected chi connectivity index (χ3v) is 25.9. The minimum Gasteiger partial charge on any atom is -0.464 e. The quantitative estimate of drug-likeness (QED) is 0.0115. The number of hydrogen-bond donors (Lipinski definition) is 11. The van der Waals surface area contributed by atoms with Crippen LogP contribution in [0.1, 0.15) is 157 Å². The smallest absolute Gasteiger partial charge is 0.407 e. The fourth-order valence-corrected chi connectivity index (χ4v) is 18.9. The first kappa shape index (κ1) is 113. The van der Waals surface area contributed by atoms with Gasteiger partial charge >= 0.3 is 47.9 Å². The van der Waals surface area contributed by atoms with Gasteiger partial charge in [-0.05, 0) is 125 Å². The number of aromatic nitrogens is 3. The van der Waals surface area contributed by atoms with E-state index in [2.05, 4.69) is 31.6 Å². The maximum Gasteiger partial charge on any atom is 0.407 e. The predicted molar refractivity (Wildman–Crippen MR) is 496 cm³/mol. The van der Waals surface area contributed by atoms with Crippen LogP contribution in [-0.2, 0) is 146 Å². The summed E-state index contributed by atoms with van der Waals surface area (Å²) in [7, 11) is 1.29. The van der Waals surface area contributed by atoms with Gasteiger partial charge in [0.05, 0.1) is 114 Å². The summed E-state index contributed by atoms with van der Waals surface area (Å²) < 4.78 is 113. The highest BCUT2D eigenvalue weighted by atomic mass is 16.8. The number of fused-ring (bicyclic) bond motifs is 5. The van der Waals surface area contributed by atoms with Crippen molar-refractivity contribution < 1.29 is 183 Å². The van der Waals surface area contributed by atoms with Gasteiger partial charge in [0.1, 0.15) is 105 Å². The summed E-state index contributed by atoms with van der Waals surface area (Å²) in [5.74, 6) is -11.5. The predicted octanol–water partition coefficient (Wildman–Crippen LogP) is 2.49. The highest BCUT2D eigenvalue weighted by molar-refractivity contribution is 5.97. The molecule has 11 N–H and O–H groups in total. The zero-order chi connectivity index (χ0) is 104. The second kappa shape index (κ2) is 53.2. The highest BCUT2D eigenvalue weighted by Crippen LogP contribution is 2.65. The van der Waals surface area contributed by atoms with Gasteiger partial charge in [-0.3, -0.25) is 28.8 Å². The van der Waals surface area contributed by atoms with Crippen LogP contribution in [0.15, 0.2) is 133 Å². The lowest BCUT2D eigenvalue weighted by Crippen LogP contribution is -2.82. The Morgan fingerprint density at radius 3 is 1.92 bits per heavy atom. The van der Waals surface area contributed by atoms with E-state index in [-0.39, 0.29) is 139 Å². The summed E-state index contributed by atoms with van der Waals surface area (Å²) in [5, 5.41) is 97.5. The molecule has 45 nitrogen and oxygen atoms in total. The molecule has 7 unspecified atom stereocenters. The van der Waals surface area contributed by atoms with E-state index in [4.69, 9.17) is 90.0 Å². The minimum absolute atomic E-state index is 0.0144. The standard InChI is InChI=1S/C99H131N7O38/c1-11-130-91(122)66(31-21-22-37-100-95(124)133-45-44-128-52-69-81(84(131-42-39-108)78(117)93(126-10)139-69)142-94-79(118)85(132-43-40-109)80(136-56(2)3)68(140-94)51-127-41-38-107)106-49-65(104-105-106)30-23-32-72(113)101-48-73(114)102-64-35-33-60(34-36-64)50-134-74(115)53-129-54-75(116)141-83(77(61-24-15-12-16-25-61)103-89(120)62-26-17-13-18-27-62)92(123)138-67-47-99(125)88(143-90(121)63-28-19-14-20-29-63)86-97(9,70(112)46-71-98(86,55-135-71)144-59(6)111)87(119)82(137-58(5)110)76(57(67)4)96(99,7)8/h12-20,24-29,33-36,49,56,66-71,77-86,88,93-94,107-109,112,117-118,125H,11,21-23,30-32,37-48,50-55H2,1-10H3,(H,100,124)(H,101,113)(H,102,114)(H,103,120)/t66-,67-,68?,69?,70-,71+,77?,78?,79?,80+,81+,82+,83+,84?,85?,86-,88-,93-,94+,97+,98-,99+/m0/s1. The molecule has 3 aliphatic heterocycles. The number of hydrogen-bond acceptors (Lipinski definition) is 40. The molecule has 5 aromatic rings. The van der Waals surface area contributed by atoms with Crippen molar-refractivity contribution in [1.29, 1.82) is 0 Å². The number of esters is 7. The number of aryl methyl sites for hydroxylation is 1. The van der Waals surface area contributed by atoms with Crippen molar-refractivity contribution in [2.45, 2.75) is 248 Å². The number of unbranched alkanes of at least 4 members (excludes halogenated alkanes) is 1. The Labute approximate surface area is 830 Å². The minimum atomic E-state index is -2.59. The average Bonchev–Trinajstić information content (AvgIpc) is 0.671. The zero-order valence-corrected chi connectivity index (χ0v) is 81.9. The van der Waals surface area contributed by atoms with Crippen molar-refractivity contribution in [1.82, 2.24) is 30.9 Å². The van der Waals surface area contributed by atoms with Crippen LogP contribution in [0.4, 0.5) is 10.5 Å². The van der Waals surface area contributed by atoms with Crippen LogP contribution in [0.3, 0.4) is 0 Å². The molecule has 22 atom stereocenters. The van der Waals surface area contributed by atoms with E-state index in [1.54, 1.807) is 93.7 Å². The van der Waals surface area contributed by atoms with Crippen LogP contribution in [0.25, 0.3) is 0 Å². The summed E-state index contributed by atoms with van der Waals surface area (Å²) in [6.07, 6.45) is -22.3. The van der Waals surface area contributed by atoms with E-state index in [9.17, 15) is 83.7 Å². The molecule has 45 heteroatoms. The summed E-state index contributed by atoms with van der Waals surface area (Å²) >= 11 is 0. The van der Waals surface area contributed by atoms with E-state index < -0.39 is 255 Å². The lowest BCUT2D eigenvalue weighted by atomic mass is 9.44. The number of carbonyl (C=O) groups is 12. The number of aliphatic hydroxyl groups excluding tert-OH is 6. The Kier molecular flexibility index (Phi) is 41.7. The molecule has 2 saturated carbocycles. The summed E-state index contributed by atoms with van der Waals surface area (Å²) in [6.45, 7) is 7.89. The van der Waals surface area contributed by atoms with Crippen LogP contribution >= 0.6 is 0 Å². The first-order valence-corrected chi connectivity index (χ1v) is 47.8. The van der Waals surface area contributed by atoms with Gasteiger partial charge in [-0.25, -0.2) is 33.4 Å². The average molecular weight is 2030 g/mol. The van der Waals surface area contributed by atoms with E-state index in [0.717, 1.165) is 13.8 Å². The van der Waals surface area contributed by atoms with E-state index in [0.29, 0.717) is 29.8 Å². The SMILES string of the molecule is CCOC(=O)[C@H](CCCCNC(=O)OCCOCC1O[C@H](OC)C(O)C(OCCO)[C@@H]1O[C@H]1OC(COCCO)[C@@H](OC(C)C)C(OCCO)C1O)n1cc(CCCC(=O)NCC(=O)Nc2ccc(COC(=O)COCC(=O)O[C@@H](C(=O)O[C@H]3C[C@@]4(O)[C@@H](OC(=O)c5ccccc5)[C@@H]5[C@]6(OC(C)=O)CO[C@@H]6C[C@H](O)[C@@]5(C)C(=O)[C@H](OC(C)=O)C(=C3C)C4(C)C)C(NC(=O)c3ccccc3)c3ccccc3)cc2)nn1. The number of anilines is 1. The molecule has 5 fully saturated rings. The Morgan fingerprint density at radius 2 is 1.29 bits per heavy atom. The Hall–Kier alpha value is -11.3. The molecule has 790 valence electrons. The summed E-state index contributed by atoms with van der Waals surface area (Å²) in [4.78, 5) is 167. The van der Waals surface area contributed by atoms with Crippen molar-refractivity contribution in [2.75, 3.05) is 118 Å².